The van der Waals surface area contributed by atoms with Crippen molar-refractivity contribution in [3.05, 3.63) is 60.4 Å². The summed E-state index contributed by atoms with van der Waals surface area (Å²) in [6.45, 7) is 1.64. The first kappa shape index (κ1) is 17.7. The molecule has 1 atom stereocenters. The van der Waals surface area contributed by atoms with Gasteiger partial charge in [0.2, 0.25) is 5.95 Å². The van der Waals surface area contributed by atoms with Gasteiger partial charge in [0, 0.05) is 30.1 Å². The van der Waals surface area contributed by atoms with E-state index in [0.29, 0.717) is 5.69 Å². The molecule has 0 aliphatic heterocycles. The number of hydrogen-bond donors (Lipinski definition) is 3. The highest BCUT2D eigenvalue weighted by Gasteiger charge is 2.13. The van der Waals surface area contributed by atoms with Gasteiger partial charge in [0.25, 0.3) is 0 Å². The fourth-order valence-electron chi connectivity index (χ4n) is 2.26. The van der Waals surface area contributed by atoms with Crippen LogP contribution < -0.4 is 10.6 Å². The van der Waals surface area contributed by atoms with Crippen LogP contribution in [0.3, 0.4) is 0 Å². The third kappa shape index (κ3) is 4.09. The molecule has 0 aliphatic carbocycles. The van der Waals surface area contributed by atoms with Crippen LogP contribution in [0, 0.1) is 11.6 Å². The largest absolute Gasteiger partial charge is 0.394 e. The molecule has 0 saturated carbocycles. The molecule has 6 nitrogen and oxygen atoms in total. The van der Waals surface area contributed by atoms with Crippen LogP contribution in [0.2, 0.25) is 0 Å². The highest BCUT2D eigenvalue weighted by atomic mass is 19.1. The van der Waals surface area contributed by atoms with Gasteiger partial charge in [-0.05, 0) is 31.2 Å². The third-order valence-electron chi connectivity index (χ3n) is 3.57. The standard InChI is InChI=1S/C18H17F2N5O/c1-11(10-26)22-18-23-15(12-5-7-21-8-6-12)9-16(25-18)24-17-13(19)3-2-4-14(17)20/h2-9,11,26H,10H2,1H3,(H2,22,23,24,25)/t11-/m0/s1. The van der Waals surface area contributed by atoms with Crippen molar-refractivity contribution < 1.29 is 13.9 Å². The minimum atomic E-state index is -0.729. The van der Waals surface area contributed by atoms with Crippen molar-refractivity contribution in [2.75, 3.05) is 17.2 Å². The molecule has 0 bridgehead atoms. The first-order chi connectivity index (χ1) is 12.6. The number of para-hydroxylation sites is 1. The van der Waals surface area contributed by atoms with E-state index in [1.807, 2.05) is 0 Å². The average Bonchev–Trinajstić information content (AvgIpc) is 2.65. The number of anilines is 3. The van der Waals surface area contributed by atoms with Crippen molar-refractivity contribution in [2.45, 2.75) is 13.0 Å². The van der Waals surface area contributed by atoms with Crippen molar-refractivity contribution in [1.82, 2.24) is 15.0 Å². The number of hydrogen-bond acceptors (Lipinski definition) is 6. The van der Waals surface area contributed by atoms with Crippen molar-refractivity contribution in [1.29, 1.82) is 0 Å². The van der Waals surface area contributed by atoms with E-state index >= 15 is 0 Å². The fraction of sp³-hybridized carbons (Fsp3) is 0.167. The molecule has 0 radical (unpaired) electrons. The number of halogens is 2. The molecule has 8 heteroatoms. The summed E-state index contributed by atoms with van der Waals surface area (Å²) in [6.07, 6.45) is 3.23. The Balaban J connectivity index is 2.02. The maximum atomic E-state index is 13.9. The quantitative estimate of drug-likeness (QED) is 0.628. The first-order valence-corrected chi connectivity index (χ1v) is 7.94. The Morgan fingerprint density at radius 3 is 2.42 bits per heavy atom. The summed E-state index contributed by atoms with van der Waals surface area (Å²) in [6, 6.07) is 8.40. The first-order valence-electron chi connectivity index (χ1n) is 7.94. The lowest BCUT2D eigenvalue weighted by Crippen LogP contribution is -2.21. The van der Waals surface area contributed by atoms with Gasteiger partial charge >= 0.3 is 0 Å². The van der Waals surface area contributed by atoms with E-state index in [4.69, 9.17) is 0 Å². The Morgan fingerprint density at radius 2 is 1.77 bits per heavy atom. The molecule has 2 aromatic heterocycles. The highest BCUT2D eigenvalue weighted by Crippen LogP contribution is 2.26. The van der Waals surface area contributed by atoms with Gasteiger partial charge in [0.15, 0.2) is 0 Å². The van der Waals surface area contributed by atoms with Crippen LogP contribution in [0.4, 0.5) is 26.2 Å². The molecule has 0 aliphatic rings. The lowest BCUT2D eigenvalue weighted by atomic mass is 10.2. The molecule has 0 saturated heterocycles. The fourth-order valence-corrected chi connectivity index (χ4v) is 2.26. The number of benzene rings is 1. The van der Waals surface area contributed by atoms with Crippen LogP contribution in [0.5, 0.6) is 0 Å². The zero-order valence-electron chi connectivity index (χ0n) is 13.9. The van der Waals surface area contributed by atoms with E-state index in [1.165, 1.54) is 6.07 Å². The molecule has 0 fully saturated rings. The second kappa shape index (κ2) is 7.83. The van der Waals surface area contributed by atoms with E-state index in [9.17, 15) is 13.9 Å². The maximum absolute atomic E-state index is 13.9. The van der Waals surface area contributed by atoms with Crippen LogP contribution in [0.1, 0.15) is 6.92 Å². The van der Waals surface area contributed by atoms with E-state index in [2.05, 4.69) is 25.6 Å². The Labute approximate surface area is 149 Å². The summed E-state index contributed by atoms with van der Waals surface area (Å²) in [5.41, 5.74) is 1.00. The third-order valence-corrected chi connectivity index (χ3v) is 3.57. The van der Waals surface area contributed by atoms with E-state index in [0.717, 1.165) is 17.7 Å². The van der Waals surface area contributed by atoms with Crippen LogP contribution in [-0.4, -0.2) is 32.7 Å². The molecule has 0 unspecified atom stereocenters. The monoisotopic (exact) mass is 357 g/mol. The van der Waals surface area contributed by atoms with Gasteiger partial charge in [-0.1, -0.05) is 6.07 Å². The number of nitrogens with zero attached hydrogens (tertiary/aromatic N) is 3. The normalized spacial score (nSPS) is 11.8. The molecule has 0 amide bonds. The van der Waals surface area contributed by atoms with Gasteiger partial charge in [-0.25, -0.2) is 13.8 Å². The summed E-state index contributed by atoms with van der Waals surface area (Å²) < 4.78 is 27.8. The van der Waals surface area contributed by atoms with Gasteiger partial charge in [0.1, 0.15) is 23.1 Å². The number of pyridine rings is 1. The predicted molar refractivity (Wildman–Crippen MR) is 95.1 cm³/mol. The molecule has 3 rings (SSSR count). The predicted octanol–water partition coefficient (Wildman–Crippen LogP) is 3.35. The number of nitrogens with one attached hydrogen (secondary N) is 2. The molecule has 1 aromatic carbocycles. The van der Waals surface area contributed by atoms with Gasteiger partial charge in [0.05, 0.1) is 12.3 Å². The summed E-state index contributed by atoms with van der Waals surface area (Å²) in [4.78, 5) is 12.6. The van der Waals surface area contributed by atoms with Gasteiger partial charge < -0.3 is 15.7 Å². The molecule has 3 N–H and O–H groups in total. The van der Waals surface area contributed by atoms with Gasteiger partial charge in [-0.2, -0.15) is 4.98 Å². The zero-order valence-corrected chi connectivity index (χ0v) is 13.9. The lowest BCUT2D eigenvalue weighted by Gasteiger charge is -2.14. The second-order valence-electron chi connectivity index (χ2n) is 5.65. The summed E-state index contributed by atoms with van der Waals surface area (Å²) in [5, 5.41) is 14.8. The van der Waals surface area contributed by atoms with E-state index in [-0.39, 0.29) is 30.1 Å². The van der Waals surface area contributed by atoms with Crippen LogP contribution in [0.15, 0.2) is 48.8 Å². The average molecular weight is 357 g/mol. The van der Waals surface area contributed by atoms with Crippen LogP contribution in [-0.2, 0) is 0 Å². The molecule has 3 aromatic rings. The van der Waals surface area contributed by atoms with E-state index < -0.39 is 11.6 Å². The topological polar surface area (TPSA) is 83.0 Å². The highest BCUT2D eigenvalue weighted by molar-refractivity contribution is 5.67. The summed E-state index contributed by atoms with van der Waals surface area (Å²) in [7, 11) is 0. The molecule has 2 heterocycles. The van der Waals surface area contributed by atoms with Gasteiger partial charge in [-0.15, -0.1) is 0 Å². The smallest absolute Gasteiger partial charge is 0.225 e. The Hall–Kier alpha value is -3.13. The number of aromatic nitrogens is 3. The number of aliphatic hydroxyl groups is 1. The summed E-state index contributed by atoms with van der Waals surface area (Å²) in [5.74, 6) is -1.02. The number of aliphatic hydroxyl groups excluding tert-OH is 1. The van der Waals surface area contributed by atoms with Crippen molar-refractivity contribution in [3.63, 3.8) is 0 Å². The minimum absolute atomic E-state index is 0.118. The molecular formula is C18H17F2N5O. The second-order valence-corrected chi connectivity index (χ2v) is 5.65. The number of rotatable bonds is 6. The SMILES string of the molecule is C[C@@H](CO)Nc1nc(Nc2c(F)cccc2F)cc(-c2ccncc2)n1. The lowest BCUT2D eigenvalue weighted by molar-refractivity contribution is 0.281. The van der Waals surface area contributed by atoms with Gasteiger partial charge in [-0.3, -0.25) is 4.98 Å². The molecular weight excluding hydrogens is 340 g/mol. The summed E-state index contributed by atoms with van der Waals surface area (Å²) >= 11 is 0. The van der Waals surface area contributed by atoms with Crippen LogP contribution >= 0.6 is 0 Å². The maximum Gasteiger partial charge on any atom is 0.225 e. The Bertz CT molecular complexity index is 872. The van der Waals surface area contributed by atoms with Crippen molar-refractivity contribution in [3.8, 4) is 11.3 Å². The van der Waals surface area contributed by atoms with Crippen molar-refractivity contribution in [2.24, 2.45) is 0 Å². The molecule has 134 valence electrons. The zero-order chi connectivity index (χ0) is 18.5. The Kier molecular flexibility index (Phi) is 5.33. The van der Waals surface area contributed by atoms with E-state index in [1.54, 1.807) is 37.5 Å². The minimum Gasteiger partial charge on any atom is -0.394 e. The molecule has 0 spiro atoms. The van der Waals surface area contributed by atoms with Crippen LogP contribution in [0.25, 0.3) is 11.3 Å². The van der Waals surface area contributed by atoms with Crippen molar-refractivity contribution >= 4 is 17.5 Å². The molecule has 26 heavy (non-hydrogen) atoms. The Morgan fingerprint density at radius 1 is 1.08 bits per heavy atom.